The zero-order chi connectivity index (χ0) is 12.4. The van der Waals surface area contributed by atoms with Gasteiger partial charge in [-0.25, -0.2) is 4.79 Å². The Morgan fingerprint density at radius 1 is 1.31 bits per heavy atom. The van der Waals surface area contributed by atoms with Crippen molar-refractivity contribution in [2.75, 3.05) is 7.11 Å². The molecule has 0 radical (unpaired) electrons. The van der Waals surface area contributed by atoms with Gasteiger partial charge >= 0.3 is 5.97 Å². The number of nitrogens with zero attached hydrogens (tertiary/aromatic N) is 1. The van der Waals surface area contributed by atoms with Crippen molar-refractivity contribution in [2.24, 2.45) is 0 Å². The van der Waals surface area contributed by atoms with Crippen molar-refractivity contribution in [3.05, 3.63) is 42.0 Å². The van der Waals surface area contributed by atoms with E-state index in [2.05, 4.69) is 4.74 Å². The number of benzene rings is 1. The number of hydrogen-bond acceptors (Lipinski definition) is 3. The van der Waals surface area contributed by atoms with Crippen molar-refractivity contribution in [2.45, 2.75) is 13.8 Å². The lowest BCUT2D eigenvalue weighted by Gasteiger charge is -1.97. The van der Waals surface area contributed by atoms with E-state index in [-0.39, 0.29) is 0 Å². The van der Waals surface area contributed by atoms with Crippen molar-refractivity contribution in [3.63, 3.8) is 0 Å². The molecule has 0 fully saturated rings. The molecule has 0 N–H and O–H groups in total. The lowest BCUT2D eigenvalue weighted by Crippen LogP contribution is -1.96. The van der Waals surface area contributed by atoms with E-state index in [1.165, 1.54) is 13.2 Å². The third-order valence-corrected chi connectivity index (χ3v) is 1.67. The maximum atomic E-state index is 10.9. The molecule has 16 heavy (non-hydrogen) atoms. The van der Waals surface area contributed by atoms with Crippen LogP contribution in [0.5, 0.6) is 0 Å². The minimum Gasteiger partial charge on any atom is -0.466 e. The molecule has 0 bridgehead atoms. The summed E-state index contributed by atoms with van der Waals surface area (Å²) in [6.07, 6.45) is 1.18. The van der Waals surface area contributed by atoms with Gasteiger partial charge in [0.15, 0.2) is 0 Å². The number of esters is 1. The van der Waals surface area contributed by atoms with Gasteiger partial charge in [0.2, 0.25) is 0 Å². The molecular weight excluding hydrogens is 202 g/mol. The highest BCUT2D eigenvalue weighted by Gasteiger charge is 2.02. The molecule has 1 aromatic rings. The Hall–Kier alpha value is -2.08. The van der Waals surface area contributed by atoms with Crippen LogP contribution in [0.3, 0.4) is 0 Å². The van der Waals surface area contributed by atoms with Crippen molar-refractivity contribution in [3.8, 4) is 6.07 Å². The summed E-state index contributed by atoms with van der Waals surface area (Å²) in [5, 5.41) is 8.80. The van der Waals surface area contributed by atoms with Gasteiger partial charge in [-0.1, -0.05) is 44.2 Å². The van der Waals surface area contributed by atoms with Gasteiger partial charge in [-0.15, -0.1) is 0 Å². The van der Waals surface area contributed by atoms with Gasteiger partial charge in [-0.3, -0.25) is 0 Å². The number of rotatable bonds is 2. The number of nitriles is 1. The van der Waals surface area contributed by atoms with Crippen LogP contribution in [0.4, 0.5) is 0 Å². The molecule has 1 rings (SSSR count). The third kappa shape index (κ3) is 4.43. The van der Waals surface area contributed by atoms with E-state index >= 15 is 0 Å². The van der Waals surface area contributed by atoms with Crippen LogP contribution in [-0.4, -0.2) is 13.1 Å². The molecule has 3 nitrogen and oxygen atoms in total. The lowest BCUT2D eigenvalue weighted by atomic mass is 10.1. The van der Waals surface area contributed by atoms with Crippen molar-refractivity contribution in [1.82, 2.24) is 0 Å². The second-order valence-corrected chi connectivity index (χ2v) is 2.56. The highest BCUT2D eigenvalue weighted by Crippen LogP contribution is 2.12. The maximum Gasteiger partial charge on any atom is 0.331 e. The van der Waals surface area contributed by atoms with Crippen LogP contribution >= 0.6 is 0 Å². The zero-order valence-electron chi connectivity index (χ0n) is 9.73. The van der Waals surface area contributed by atoms with Crippen LogP contribution in [0, 0.1) is 11.3 Å². The predicted octanol–water partition coefficient (Wildman–Crippen LogP) is 2.79. The van der Waals surface area contributed by atoms with Gasteiger partial charge < -0.3 is 4.74 Å². The van der Waals surface area contributed by atoms with E-state index in [1.54, 1.807) is 24.3 Å². The molecule has 0 unspecified atom stereocenters. The molecule has 0 spiro atoms. The number of ether oxygens (including phenoxy) is 1. The summed E-state index contributed by atoms with van der Waals surface area (Å²) >= 11 is 0. The Kier molecular flexibility index (Phi) is 7.17. The molecule has 0 amide bonds. The van der Waals surface area contributed by atoms with Crippen LogP contribution < -0.4 is 0 Å². The van der Waals surface area contributed by atoms with E-state index in [4.69, 9.17) is 5.26 Å². The van der Waals surface area contributed by atoms with E-state index in [0.717, 1.165) is 0 Å². The van der Waals surface area contributed by atoms with Crippen molar-refractivity contribution in [1.29, 1.82) is 5.26 Å². The van der Waals surface area contributed by atoms with Crippen LogP contribution in [0.25, 0.3) is 5.57 Å². The average molecular weight is 217 g/mol. The van der Waals surface area contributed by atoms with E-state index < -0.39 is 5.97 Å². The second-order valence-electron chi connectivity index (χ2n) is 2.56. The number of carbonyl (C=O) groups is 1. The summed E-state index contributed by atoms with van der Waals surface area (Å²) in [7, 11) is 1.28. The minimum atomic E-state index is -0.523. The quantitative estimate of drug-likeness (QED) is 0.435. The highest BCUT2D eigenvalue weighted by atomic mass is 16.5. The van der Waals surface area contributed by atoms with E-state index in [9.17, 15) is 4.79 Å². The van der Waals surface area contributed by atoms with Gasteiger partial charge in [-0.2, -0.15) is 5.26 Å². The van der Waals surface area contributed by atoms with Crippen LogP contribution in [0.1, 0.15) is 19.4 Å². The Balaban J connectivity index is 0.00000106. The van der Waals surface area contributed by atoms with Gasteiger partial charge in [0.25, 0.3) is 0 Å². The van der Waals surface area contributed by atoms with Crippen LogP contribution in [0.15, 0.2) is 36.4 Å². The second kappa shape index (κ2) is 8.25. The summed E-state index contributed by atoms with van der Waals surface area (Å²) in [4.78, 5) is 10.9. The van der Waals surface area contributed by atoms with Gasteiger partial charge in [0, 0.05) is 6.08 Å². The monoisotopic (exact) mass is 217 g/mol. The van der Waals surface area contributed by atoms with Crippen molar-refractivity contribution < 1.29 is 9.53 Å². The molecule has 84 valence electrons. The van der Waals surface area contributed by atoms with Crippen molar-refractivity contribution >= 4 is 11.5 Å². The molecule has 1 aromatic carbocycles. The first kappa shape index (κ1) is 13.9. The summed E-state index contributed by atoms with van der Waals surface area (Å²) in [5.74, 6) is -0.523. The lowest BCUT2D eigenvalue weighted by molar-refractivity contribution is -0.134. The number of allylic oxidation sites excluding steroid dienone is 1. The zero-order valence-corrected chi connectivity index (χ0v) is 9.73. The van der Waals surface area contributed by atoms with Gasteiger partial charge in [0.05, 0.1) is 12.7 Å². The molecule has 0 aliphatic rings. The predicted molar refractivity (Wildman–Crippen MR) is 63.4 cm³/mol. The molecule has 0 aliphatic carbocycles. The Morgan fingerprint density at radius 2 is 1.88 bits per heavy atom. The number of hydrogen-bond donors (Lipinski definition) is 0. The number of carbonyl (C=O) groups excluding carboxylic acids is 1. The SMILES string of the molecule is CC.COC(=O)C=C(C#N)c1ccccc1. The molecule has 0 saturated heterocycles. The highest BCUT2D eigenvalue weighted by molar-refractivity contribution is 5.95. The molecule has 0 heterocycles. The fraction of sp³-hybridized carbons (Fsp3) is 0.231. The molecule has 0 saturated carbocycles. The minimum absolute atomic E-state index is 0.303. The van der Waals surface area contributed by atoms with E-state index in [1.807, 2.05) is 26.0 Å². The molecule has 0 atom stereocenters. The number of methoxy groups -OCH3 is 1. The summed E-state index contributed by atoms with van der Waals surface area (Å²) in [5.41, 5.74) is 1.01. The average Bonchev–Trinajstić information content (AvgIpc) is 2.39. The summed E-state index contributed by atoms with van der Waals surface area (Å²) < 4.78 is 4.44. The normalized spacial score (nSPS) is 9.50. The first-order chi connectivity index (χ1) is 7.77. The largest absolute Gasteiger partial charge is 0.466 e. The molecule has 3 heteroatoms. The third-order valence-electron chi connectivity index (χ3n) is 1.67. The first-order valence-corrected chi connectivity index (χ1v) is 5.03. The van der Waals surface area contributed by atoms with Gasteiger partial charge in [-0.05, 0) is 5.56 Å². The Morgan fingerprint density at radius 3 is 2.31 bits per heavy atom. The maximum absolute atomic E-state index is 10.9. The Bertz CT molecular complexity index is 388. The fourth-order valence-electron chi connectivity index (χ4n) is 0.975. The Labute approximate surface area is 96.0 Å². The summed E-state index contributed by atoms with van der Waals surface area (Å²) in [6, 6.07) is 10.9. The molecule has 0 aliphatic heterocycles. The molecular formula is C13H15NO2. The summed E-state index contributed by atoms with van der Waals surface area (Å²) in [6.45, 7) is 4.00. The van der Waals surface area contributed by atoms with Crippen LogP contribution in [0.2, 0.25) is 0 Å². The fourth-order valence-corrected chi connectivity index (χ4v) is 0.975. The van der Waals surface area contributed by atoms with Gasteiger partial charge in [0.1, 0.15) is 6.07 Å². The van der Waals surface area contributed by atoms with Crippen LogP contribution in [-0.2, 0) is 9.53 Å². The first-order valence-electron chi connectivity index (χ1n) is 5.03. The van der Waals surface area contributed by atoms with E-state index in [0.29, 0.717) is 11.1 Å². The topological polar surface area (TPSA) is 50.1 Å². The standard InChI is InChI=1S/C11H9NO2.C2H6/c1-14-11(13)7-10(8-12)9-5-3-2-4-6-9;1-2/h2-7H,1H3;1-2H3. The smallest absolute Gasteiger partial charge is 0.331 e. The molecule has 0 aromatic heterocycles.